The Bertz CT molecular complexity index is 257. The summed E-state index contributed by atoms with van der Waals surface area (Å²) in [6.07, 6.45) is 8.47. The van der Waals surface area contributed by atoms with Gasteiger partial charge in [-0.25, -0.2) is 9.97 Å². The summed E-state index contributed by atoms with van der Waals surface area (Å²) in [6.45, 7) is 8.96. The lowest BCUT2D eigenvalue weighted by Gasteiger charge is -2.06. The highest BCUT2D eigenvalue weighted by Gasteiger charge is 2.01. The molecule has 0 amide bonds. The summed E-state index contributed by atoms with van der Waals surface area (Å²) in [5.41, 5.74) is 1.27. The molecule has 1 rings (SSSR count). The van der Waals surface area contributed by atoms with Gasteiger partial charge in [-0.05, 0) is 36.7 Å². The molecule has 0 N–H and O–H groups in total. The number of aryl methyl sites for hydroxylation is 2. The topological polar surface area (TPSA) is 25.8 Å². The lowest BCUT2D eigenvalue weighted by Crippen LogP contribution is -2.00. The summed E-state index contributed by atoms with van der Waals surface area (Å²) < 4.78 is 0. The van der Waals surface area contributed by atoms with E-state index >= 15 is 0 Å². The van der Waals surface area contributed by atoms with Gasteiger partial charge in [-0.3, -0.25) is 0 Å². The lowest BCUT2D eigenvalue weighted by atomic mass is 10.0. The first-order valence-corrected chi connectivity index (χ1v) is 6.37. The van der Waals surface area contributed by atoms with E-state index in [9.17, 15) is 0 Å². The number of nitrogens with zero attached hydrogens (tertiary/aromatic N) is 2. The zero-order valence-electron chi connectivity index (χ0n) is 11.0. The molecule has 90 valence electrons. The van der Waals surface area contributed by atoms with Gasteiger partial charge >= 0.3 is 0 Å². The van der Waals surface area contributed by atoms with Gasteiger partial charge in [-0.1, -0.05) is 27.7 Å². The summed E-state index contributed by atoms with van der Waals surface area (Å²) in [6, 6.07) is 0. The molecule has 0 aromatic carbocycles. The average Bonchev–Trinajstić information content (AvgIpc) is 2.25. The molecular formula is C14H24N2. The van der Waals surface area contributed by atoms with Crippen LogP contribution in [0.1, 0.15) is 51.9 Å². The van der Waals surface area contributed by atoms with Gasteiger partial charge in [0.1, 0.15) is 5.82 Å². The van der Waals surface area contributed by atoms with Crippen LogP contribution in [0.2, 0.25) is 0 Å². The minimum Gasteiger partial charge on any atom is -0.241 e. The molecule has 0 unspecified atom stereocenters. The predicted molar refractivity (Wildman–Crippen MR) is 68.4 cm³/mol. The SMILES string of the molecule is CC(C)CCc1cnc(CCC(C)C)nc1. The molecular weight excluding hydrogens is 196 g/mol. The summed E-state index contributed by atoms with van der Waals surface area (Å²) in [5.74, 6) is 2.46. The van der Waals surface area contributed by atoms with E-state index in [4.69, 9.17) is 0 Å². The van der Waals surface area contributed by atoms with Crippen LogP contribution in [-0.4, -0.2) is 9.97 Å². The van der Waals surface area contributed by atoms with Crippen molar-refractivity contribution >= 4 is 0 Å². The smallest absolute Gasteiger partial charge is 0.128 e. The van der Waals surface area contributed by atoms with Crippen LogP contribution in [0, 0.1) is 11.8 Å². The summed E-state index contributed by atoms with van der Waals surface area (Å²) in [7, 11) is 0. The average molecular weight is 220 g/mol. The first-order chi connectivity index (χ1) is 7.58. The molecule has 16 heavy (non-hydrogen) atoms. The van der Waals surface area contributed by atoms with E-state index in [0.29, 0.717) is 0 Å². The Morgan fingerprint density at radius 3 is 1.88 bits per heavy atom. The third-order valence-electron chi connectivity index (χ3n) is 2.71. The minimum absolute atomic E-state index is 0.726. The summed E-state index contributed by atoms with van der Waals surface area (Å²) >= 11 is 0. The second-order valence-electron chi connectivity index (χ2n) is 5.37. The van der Waals surface area contributed by atoms with Gasteiger partial charge in [0.15, 0.2) is 0 Å². The number of hydrogen-bond donors (Lipinski definition) is 0. The molecule has 0 saturated carbocycles. The maximum absolute atomic E-state index is 4.42. The van der Waals surface area contributed by atoms with Gasteiger partial charge < -0.3 is 0 Å². The molecule has 0 radical (unpaired) electrons. The standard InChI is InChI=1S/C14H24N2/c1-11(2)5-7-13-9-15-14(16-10-13)8-6-12(3)4/h9-12H,5-8H2,1-4H3. The van der Waals surface area contributed by atoms with Crippen molar-refractivity contribution in [1.29, 1.82) is 0 Å². The second-order valence-corrected chi connectivity index (χ2v) is 5.37. The van der Waals surface area contributed by atoms with E-state index in [2.05, 4.69) is 37.7 Å². The third-order valence-corrected chi connectivity index (χ3v) is 2.71. The van der Waals surface area contributed by atoms with E-state index in [0.717, 1.165) is 30.5 Å². The molecule has 1 heterocycles. The molecule has 0 bridgehead atoms. The molecule has 0 aliphatic carbocycles. The molecule has 1 aromatic heterocycles. The van der Waals surface area contributed by atoms with Crippen molar-refractivity contribution in [3.05, 3.63) is 23.8 Å². The fourth-order valence-electron chi connectivity index (χ4n) is 1.51. The van der Waals surface area contributed by atoms with Crippen LogP contribution in [0.5, 0.6) is 0 Å². The molecule has 2 nitrogen and oxygen atoms in total. The minimum atomic E-state index is 0.726. The zero-order chi connectivity index (χ0) is 12.0. The van der Waals surface area contributed by atoms with E-state index < -0.39 is 0 Å². The van der Waals surface area contributed by atoms with Crippen LogP contribution < -0.4 is 0 Å². The molecule has 0 atom stereocenters. The highest BCUT2D eigenvalue weighted by Crippen LogP contribution is 2.09. The van der Waals surface area contributed by atoms with E-state index in [1.54, 1.807) is 0 Å². The fourth-order valence-corrected chi connectivity index (χ4v) is 1.51. The fraction of sp³-hybridized carbons (Fsp3) is 0.714. The first kappa shape index (κ1) is 13.1. The summed E-state index contributed by atoms with van der Waals surface area (Å²) in [4.78, 5) is 8.83. The third kappa shape index (κ3) is 5.24. The predicted octanol–water partition coefficient (Wildman–Crippen LogP) is 3.65. The van der Waals surface area contributed by atoms with Crippen molar-refractivity contribution in [2.24, 2.45) is 11.8 Å². The van der Waals surface area contributed by atoms with Crippen LogP contribution in [0.15, 0.2) is 12.4 Å². The van der Waals surface area contributed by atoms with Crippen molar-refractivity contribution < 1.29 is 0 Å². The van der Waals surface area contributed by atoms with E-state index in [1.807, 2.05) is 12.4 Å². The molecule has 0 spiro atoms. The van der Waals surface area contributed by atoms with Gasteiger partial charge in [0, 0.05) is 18.8 Å². The quantitative estimate of drug-likeness (QED) is 0.731. The van der Waals surface area contributed by atoms with Gasteiger partial charge in [0.25, 0.3) is 0 Å². The Morgan fingerprint density at radius 2 is 1.38 bits per heavy atom. The molecule has 0 aliphatic rings. The van der Waals surface area contributed by atoms with Crippen molar-refractivity contribution in [3.63, 3.8) is 0 Å². The highest BCUT2D eigenvalue weighted by atomic mass is 14.9. The van der Waals surface area contributed by atoms with Gasteiger partial charge in [-0.2, -0.15) is 0 Å². The zero-order valence-corrected chi connectivity index (χ0v) is 11.0. The maximum Gasteiger partial charge on any atom is 0.128 e. The molecule has 1 aromatic rings. The van der Waals surface area contributed by atoms with Crippen LogP contribution in [0.25, 0.3) is 0 Å². The Kier molecular flexibility index (Phi) is 5.44. The Balaban J connectivity index is 2.41. The normalized spacial score (nSPS) is 11.4. The summed E-state index contributed by atoms with van der Waals surface area (Å²) in [5, 5.41) is 0. The molecule has 2 heteroatoms. The largest absolute Gasteiger partial charge is 0.241 e. The molecule has 0 aliphatic heterocycles. The second kappa shape index (κ2) is 6.62. The lowest BCUT2D eigenvalue weighted by molar-refractivity contribution is 0.570. The Labute approximate surface area is 99.5 Å². The van der Waals surface area contributed by atoms with Crippen molar-refractivity contribution in [2.75, 3.05) is 0 Å². The maximum atomic E-state index is 4.42. The monoisotopic (exact) mass is 220 g/mol. The van der Waals surface area contributed by atoms with Crippen LogP contribution in [-0.2, 0) is 12.8 Å². The molecule has 0 fully saturated rings. The van der Waals surface area contributed by atoms with E-state index in [-0.39, 0.29) is 0 Å². The van der Waals surface area contributed by atoms with Gasteiger partial charge in [0.05, 0.1) is 0 Å². The Morgan fingerprint density at radius 1 is 0.875 bits per heavy atom. The van der Waals surface area contributed by atoms with Crippen LogP contribution in [0.4, 0.5) is 0 Å². The van der Waals surface area contributed by atoms with Crippen molar-refractivity contribution in [3.8, 4) is 0 Å². The molecule has 0 saturated heterocycles. The number of aromatic nitrogens is 2. The van der Waals surface area contributed by atoms with Crippen LogP contribution in [0.3, 0.4) is 0 Å². The highest BCUT2D eigenvalue weighted by molar-refractivity contribution is 5.05. The van der Waals surface area contributed by atoms with Crippen molar-refractivity contribution in [2.45, 2.75) is 53.4 Å². The van der Waals surface area contributed by atoms with E-state index in [1.165, 1.54) is 18.4 Å². The van der Waals surface area contributed by atoms with Gasteiger partial charge in [-0.15, -0.1) is 0 Å². The van der Waals surface area contributed by atoms with Gasteiger partial charge in [0.2, 0.25) is 0 Å². The first-order valence-electron chi connectivity index (χ1n) is 6.37. The number of rotatable bonds is 6. The number of hydrogen-bond acceptors (Lipinski definition) is 2. The Hall–Kier alpha value is -0.920. The van der Waals surface area contributed by atoms with Crippen LogP contribution >= 0.6 is 0 Å². The van der Waals surface area contributed by atoms with Crippen molar-refractivity contribution in [1.82, 2.24) is 9.97 Å².